The Morgan fingerprint density at radius 1 is 1.30 bits per heavy atom. The van der Waals surface area contributed by atoms with E-state index in [9.17, 15) is 0 Å². The van der Waals surface area contributed by atoms with Crippen molar-refractivity contribution in [1.29, 1.82) is 0 Å². The maximum absolute atomic E-state index is 4.89. The fourth-order valence-electron chi connectivity index (χ4n) is 2.70. The number of nitrogens with one attached hydrogen (secondary N) is 1. The van der Waals surface area contributed by atoms with Gasteiger partial charge in [-0.3, -0.25) is 0 Å². The van der Waals surface area contributed by atoms with Crippen LogP contribution < -0.4 is 5.32 Å². The molecule has 3 heteroatoms. The lowest BCUT2D eigenvalue weighted by Gasteiger charge is -2.21. The zero-order valence-corrected chi connectivity index (χ0v) is 13.5. The van der Waals surface area contributed by atoms with Crippen LogP contribution >= 0.6 is 11.3 Å². The van der Waals surface area contributed by atoms with Crippen LogP contribution in [0.3, 0.4) is 0 Å². The lowest BCUT2D eigenvalue weighted by atomic mass is 9.86. The van der Waals surface area contributed by atoms with Gasteiger partial charge < -0.3 is 5.32 Å². The standard InChI is InChI=1S/C17H22N2S/c1-11-9-14-16(13-8-6-5-7-12(11)13)19-15(20-14)10-18-17(2,3)4/h5-8,11,18H,9-10H2,1-4H3. The van der Waals surface area contributed by atoms with E-state index < -0.39 is 0 Å². The third kappa shape index (κ3) is 2.65. The summed E-state index contributed by atoms with van der Waals surface area (Å²) in [4.78, 5) is 6.33. The van der Waals surface area contributed by atoms with Crippen LogP contribution in [0.4, 0.5) is 0 Å². The summed E-state index contributed by atoms with van der Waals surface area (Å²) in [5, 5.41) is 4.73. The molecule has 1 atom stereocenters. The minimum Gasteiger partial charge on any atom is -0.306 e. The first-order chi connectivity index (χ1) is 9.44. The van der Waals surface area contributed by atoms with Crippen molar-refractivity contribution in [2.45, 2.75) is 52.1 Å². The molecule has 1 unspecified atom stereocenters. The van der Waals surface area contributed by atoms with Gasteiger partial charge in [-0.2, -0.15) is 0 Å². The molecule has 0 bridgehead atoms. The first kappa shape index (κ1) is 13.8. The molecule has 0 spiro atoms. The lowest BCUT2D eigenvalue weighted by Crippen LogP contribution is -2.34. The zero-order valence-electron chi connectivity index (χ0n) is 12.7. The van der Waals surface area contributed by atoms with Gasteiger partial charge in [0.1, 0.15) is 5.01 Å². The van der Waals surface area contributed by atoms with Gasteiger partial charge in [0.05, 0.1) is 5.69 Å². The normalized spacial score (nSPS) is 17.7. The molecule has 1 heterocycles. The van der Waals surface area contributed by atoms with Crippen molar-refractivity contribution in [2.24, 2.45) is 0 Å². The monoisotopic (exact) mass is 286 g/mol. The Labute approximate surface area is 125 Å². The number of hydrogen-bond donors (Lipinski definition) is 1. The van der Waals surface area contributed by atoms with E-state index in [0.717, 1.165) is 13.0 Å². The summed E-state index contributed by atoms with van der Waals surface area (Å²) in [5.41, 5.74) is 4.13. The summed E-state index contributed by atoms with van der Waals surface area (Å²) < 4.78 is 0. The van der Waals surface area contributed by atoms with Crippen LogP contribution in [-0.4, -0.2) is 10.5 Å². The highest BCUT2D eigenvalue weighted by molar-refractivity contribution is 7.12. The topological polar surface area (TPSA) is 24.9 Å². The lowest BCUT2D eigenvalue weighted by molar-refractivity contribution is 0.424. The van der Waals surface area contributed by atoms with Gasteiger partial charge in [-0.25, -0.2) is 4.98 Å². The third-order valence-corrected chi connectivity index (χ3v) is 4.83. The number of aromatic nitrogens is 1. The number of hydrogen-bond acceptors (Lipinski definition) is 3. The van der Waals surface area contributed by atoms with E-state index in [-0.39, 0.29) is 5.54 Å². The second kappa shape index (κ2) is 4.97. The van der Waals surface area contributed by atoms with Crippen LogP contribution in [0.5, 0.6) is 0 Å². The third-order valence-electron chi connectivity index (χ3n) is 3.75. The highest BCUT2D eigenvalue weighted by Gasteiger charge is 2.25. The molecule has 2 nitrogen and oxygen atoms in total. The summed E-state index contributed by atoms with van der Waals surface area (Å²) in [5.74, 6) is 0.600. The smallest absolute Gasteiger partial charge is 0.107 e. The van der Waals surface area contributed by atoms with Crippen molar-refractivity contribution in [3.05, 3.63) is 39.7 Å². The predicted molar refractivity (Wildman–Crippen MR) is 86.3 cm³/mol. The number of rotatable bonds is 2. The van der Waals surface area contributed by atoms with Gasteiger partial charge in [-0.15, -0.1) is 11.3 Å². The van der Waals surface area contributed by atoms with Crippen LogP contribution in [0.1, 0.15) is 49.1 Å². The van der Waals surface area contributed by atoms with E-state index in [4.69, 9.17) is 4.98 Å². The quantitative estimate of drug-likeness (QED) is 0.887. The van der Waals surface area contributed by atoms with Crippen molar-refractivity contribution < 1.29 is 0 Å². The highest BCUT2D eigenvalue weighted by Crippen LogP contribution is 2.41. The number of benzene rings is 1. The Morgan fingerprint density at radius 2 is 2.05 bits per heavy atom. The Morgan fingerprint density at radius 3 is 2.80 bits per heavy atom. The van der Waals surface area contributed by atoms with Gasteiger partial charge in [0.25, 0.3) is 0 Å². The molecule has 106 valence electrons. The molecule has 1 N–H and O–H groups in total. The molecule has 0 saturated carbocycles. The van der Waals surface area contributed by atoms with Crippen LogP contribution in [0.15, 0.2) is 24.3 Å². The molecular formula is C17H22N2S. The van der Waals surface area contributed by atoms with E-state index in [1.807, 2.05) is 11.3 Å². The minimum atomic E-state index is 0.136. The SMILES string of the molecule is CC1Cc2sc(CNC(C)(C)C)nc2-c2ccccc21. The summed E-state index contributed by atoms with van der Waals surface area (Å²) >= 11 is 1.87. The first-order valence-electron chi connectivity index (χ1n) is 7.27. The largest absolute Gasteiger partial charge is 0.306 e. The fraction of sp³-hybridized carbons (Fsp3) is 0.471. The van der Waals surface area contributed by atoms with Gasteiger partial charge in [0.2, 0.25) is 0 Å². The molecule has 1 aromatic heterocycles. The Balaban J connectivity index is 1.92. The minimum absolute atomic E-state index is 0.136. The first-order valence-corrected chi connectivity index (χ1v) is 8.08. The maximum atomic E-state index is 4.89. The maximum Gasteiger partial charge on any atom is 0.107 e. The molecule has 3 rings (SSSR count). The van der Waals surface area contributed by atoms with Crippen molar-refractivity contribution >= 4 is 11.3 Å². The number of fused-ring (bicyclic) bond motifs is 3. The van der Waals surface area contributed by atoms with Crippen molar-refractivity contribution in [3.8, 4) is 11.3 Å². The van der Waals surface area contributed by atoms with Crippen molar-refractivity contribution in [1.82, 2.24) is 10.3 Å². The van der Waals surface area contributed by atoms with Crippen molar-refractivity contribution in [3.63, 3.8) is 0 Å². The van der Waals surface area contributed by atoms with E-state index in [1.54, 1.807) is 0 Å². The summed E-state index contributed by atoms with van der Waals surface area (Å²) in [6.07, 6.45) is 1.12. The van der Waals surface area contributed by atoms with Gasteiger partial charge in [-0.1, -0.05) is 31.2 Å². The molecule has 1 aliphatic carbocycles. The second-order valence-corrected chi connectivity index (χ2v) is 7.84. The van der Waals surface area contributed by atoms with Gasteiger partial charge >= 0.3 is 0 Å². The van der Waals surface area contributed by atoms with Crippen LogP contribution in [0.25, 0.3) is 11.3 Å². The predicted octanol–water partition coefficient (Wildman–Crippen LogP) is 4.36. The molecule has 0 aliphatic heterocycles. The fourth-order valence-corrected chi connectivity index (χ4v) is 3.85. The molecule has 2 aromatic rings. The van der Waals surface area contributed by atoms with Gasteiger partial charge in [0, 0.05) is 22.5 Å². The van der Waals surface area contributed by atoms with Gasteiger partial charge in [-0.05, 0) is 38.7 Å². The van der Waals surface area contributed by atoms with Crippen LogP contribution in [-0.2, 0) is 13.0 Å². The molecule has 0 radical (unpaired) electrons. The van der Waals surface area contributed by atoms with E-state index in [2.05, 4.69) is 57.3 Å². The molecule has 1 aliphatic rings. The van der Waals surface area contributed by atoms with Gasteiger partial charge in [0.15, 0.2) is 0 Å². The molecule has 0 fully saturated rings. The Kier molecular flexibility index (Phi) is 3.43. The molecular weight excluding hydrogens is 264 g/mol. The van der Waals surface area contributed by atoms with E-state index in [0.29, 0.717) is 5.92 Å². The van der Waals surface area contributed by atoms with E-state index in [1.165, 1.54) is 26.7 Å². The molecule has 20 heavy (non-hydrogen) atoms. The Hall–Kier alpha value is -1.19. The highest BCUT2D eigenvalue weighted by atomic mass is 32.1. The summed E-state index contributed by atoms with van der Waals surface area (Å²) in [6, 6.07) is 8.71. The average Bonchev–Trinajstić information content (AvgIpc) is 2.79. The molecule has 1 aromatic carbocycles. The Bertz CT molecular complexity index is 622. The second-order valence-electron chi connectivity index (χ2n) is 6.68. The van der Waals surface area contributed by atoms with Crippen LogP contribution in [0, 0.1) is 0 Å². The molecule has 0 amide bonds. The van der Waals surface area contributed by atoms with E-state index >= 15 is 0 Å². The average molecular weight is 286 g/mol. The zero-order chi connectivity index (χ0) is 14.3. The van der Waals surface area contributed by atoms with Crippen LogP contribution in [0.2, 0.25) is 0 Å². The summed E-state index contributed by atoms with van der Waals surface area (Å²) in [6.45, 7) is 9.75. The summed E-state index contributed by atoms with van der Waals surface area (Å²) in [7, 11) is 0. The van der Waals surface area contributed by atoms with Crippen molar-refractivity contribution in [2.75, 3.05) is 0 Å². The number of thiazole rings is 1. The number of nitrogens with zero attached hydrogens (tertiary/aromatic N) is 1. The molecule has 0 saturated heterocycles.